The van der Waals surface area contributed by atoms with E-state index in [0.717, 1.165) is 18.6 Å². The summed E-state index contributed by atoms with van der Waals surface area (Å²) in [6.07, 6.45) is 4.22. The van der Waals surface area contributed by atoms with E-state index in [4.69, 9.17) is 4.74 Å². The van der Waals surface area contributed by atoms with Crippen molar-refractivity contribution in [2.75, 3.05) is 6.61 Å². The van der Waals surface area contributed by atoms with Gasteiger partial charge in [-0.15, -0.1) is 0 Å². The van der Waals surface area contributed by atoms with Gasteiger partial charge in [-0.2, -0.15) is 0 Å². The highest BCUT2D eigenvalue weighted by atomic mass is 16.5. The summed E-state index contributed by atoms with van der Waals surface area (Å²) in [5, 5.41) is 0. The Morgan fingerprint density at radius 3 is 2.36 bits per heavy atom. The maximum Gasteiger partial charge on any atom is 0.114 e. The number of allylic oxidation sites excluding steroid dienone is 2. The van der Waals surface area contributed by atoms with Gasteiger partial charge in [-0.05, 0) is 25.3 Å². The minimum absolute atomic E-state index is 0.708. The number of rotatable bonds is 5. The largest absolute Gasteiger partial charge is 0.494 e. The summed E-state index contributed by atoms with van der Waals surface area (Å²) in [5.41, 5.74) is 1.23. The van der Waals surface area contributed by atoms with Gasteiger partial charge in [-0.3, -0.25) is 0 Å². The number of hydrogen-bond donors (Lipinski definition) is 0. The highest BCUT2D eigenvalue weighted by Crippen LogP contribution is 2.13. The molecule has 0 fully saturated rings. The van der Waals surface area contributed by atoms with E-state index in [-0.39, 0.29) is 0 Å². The number of hydrogen-bond acceptors (Lipinski definition) is 1. The Kier molecular flexibility index (Phi) is 5.63. The lowest BCUT2D eigenvalue weighted by Gasteiger charge is -2.08. The quantitative estimate of drug-likeness (QED) is 0.436. The van der Waals surface area contributed by atoms with E-state index in [0.29, 0.717) is 6.61 Å². The molecule has 0 rings (SSSR count). The molecule has 1 nitrogen and oxygen atoms in total. The lowest BCUT2D eigenvalue weighted by Crippen LogP contribution is -1.93. The molecule has 0 atom stereocenters. The topological polar surface area (TPSA) is 9.23 Å². The molecule has 0 aromatic carbocycles. The van der Waals surface area contributed by atoms with Gasteiger partial charge in [0.15, 0.2) is 0 Å². The van der Waals surface area contributed by atoms with E-state index in [9.17, 15) is 0 Å². The summed E-state index contributed by atoms with van der Waals surface area (Å²) in [5.74, 6) is 0.830. The second-order valence-electron chi connectivity index (χ2n) is 2.35. The van der Waals surface area contributed by atoms with Crippen LogP contribution in [0.1, 0.15) is 33.6 Å². The second kappa shape index (κ2) is 6.02. The summed E-state index contributed by atoms with van der Waals surface area (Å²) in [7, 11) is 0. The predicted octanol–water partition coefficient (Wildman–Crippen LogP) is 3.28. The van der Waals surface area contributed by atoms with Crippen LogP contribution < -0.4 is 0 Å². The minimum atomic E-state index is 0.708. The van der Waals surface area contributed by atoms with Crippen molar-refractivity contribution < 1.29 is 4.74 Å². The van der Waals surface area contributed by atoms with Crippen LogP contribution in [0.2, 0.25) is 0 Å². The van der Waals surface area contributed by atoms with Crippen molar-refractivity contribution in [3.8, 4) is 0 Å². The van der Waals surface area contributed by atoms with Crippen LogP contribution in [0, 0.1) is 0 Å². The molecule has 0 aliphatic heterocycles. The zero-order valence-corrected chi connectivity index (χ0v) is 7.81. The average Bonchev–Trinajstić information content (AvgIpc) is 2.00. The van der Waals surface area contributed by atoms with E-state index in [1.807, 2.05) is 6.92 Å². The Balaban J connectivity index is 4.03. The zero-order valence-electron chi connectivity index (χ0n) is 7.81. The van der Waals surface area contributed by atoms with Gasteiger partial charge in [0.1, 0.15) is 5.76 Å². The zero-order chi connectivity index (χ0) is 8.69. The molecule has 0 radical (unpaired) electrons. The molecule has 64 valence electrons. The minimum Gasteiger partial charge on any atom is -0.494 e. The molecule has 0 amide bonds. The molecule has 0 aliphatic rings. The number of ether oxygens (including phenoxy) is 1. The van der Waals surface area contributed by atoms with Crippen LogP contribution in [-0.2, 0) is 4.74 Å². The molecular weight excluding hydrogens is 136 g/mol. The maximum absolute atomic E-state index is 5.28. The molecule has 0 saturated heterocycles. The molecule has 0 N–H and O–H groups in total. The average molecular weight is 154 g/mol. The molecule has 0 aliphatic carbocycles. The van der Waals surface area contributed by atoms with Crippen molar-refractivity contribution in [2.24, 2.45) is 0 Å². The third-order valence-electron chi connectivity index (χ3n) is 1.51. The molecule has 0 heterocycles. The molecule has 0 bridgehead atoms. The predicted molar refractivity (Wildman–Crippen MR) is 49.4 cm³/mol. The summed E-state index contributed by atoms with van der Waals surface area (Å²) in [6, 6.07) is 0. The highest BCUT2D eigenvalue weighted by Gasteiger charge is 1.98. The first-order valence-corrected chi connectivity index (χ1v) is 4.27. The lowest BCUT2D eigenvalue weighted by molar-refractivity contribution is 0.237. The molecule has 0 unspecified atom stereocenters. The van der Waals surface area contributed by atoms with Crippen molar-refractivity contribution >= 4 is 0 Å². The fourth-order valence-corrected chi connectivity index (χ4v) is 0.969. The van der Waals surface area contributed by atoms with Crippen molar-refractivity contribution in [2.45, 2.75) is 33.6 Å². The van der Waals surface area contributed by atoms with Gasteiger partial charge in [-0.25, -0.2) is 0 Å². The lowest BCUT2D eigenvalue weighted by atomic mass is 10.1. The molecule has 0 aromatic rings. The molecular formula is C10H18O. The van der Waals surface area contributed by atoms with E-state index in [2.05, 4.69) is 26.5 Å². The van der Waals surface area contributed by atoms with E-state index in [1.54, 1.807) is 0 Å². The van der Waals surface area contributed by atoms with Gasteiger partial charge in [0.25, 0.3) is 0 Å². The molecule has 11 heavy (non-hydrogen) atoms. The standard InChI is InChI=1S/C10H18O/c1-5-8-10(6-2)9(4)11-7-3/h8H,4-7H2,1-3H3. The fraction of sp³-hybridized carbons (Fsp3) is 0.600. The third kappa shape index (κ3) is 3.87. The van der Waals surface area contributed by atoms with Crippen LogP contribution in [0.15, 0.2) is 24.0 Å². The SMILES string of the molecule is C=C(OCC)C(=CCC)CC. The van der Waals surface area contributed by atoms with Crippen LogP contribution in [0.5, 0.6) is 0 Å². The monoisotopic (exact) mass is 154 g/mol. The van der Waals surface area contributed by atoms with Crippen molar-refractivity contribution in [3.05, 3.63) is 24.0 Å². The Labute approximate surface area is 69.8 Å². The smallest absolute Gasteiger partial charge is 0.114 e. The normalized spacial score (nSPS) is 11.4. The first-order chi connectivity index (χ1) is 5.26. The Morgan fingerprint density at radius 2 is 2.00 bits per heavy atom. The fourth-order valence-electron chi connectivity index (χ4n) is 0.969. The summed E-state index contributed by atoms with van der Waals surface area (Å²) in [6.45, 7) is 10.8. The van der Waals surface area contributed by atoms with Crippen LogP contribution in [0.3, 0.4) is 0 Å². The Bertz CT molecular complexity index is 145. The second-order valence-corrected chi connectivity index (χ2v) is 2.35. The molecule has 0 aromatic heterocycles. The molecule has 0 saturated carbocycles. The van der Waals surface area contributed by atoms with Crippen LogP contribution in [0.25, 0.3) is 0 Å². The summed E-state index contributed by atoms with van der Waals surface area (Å²) < 4.78 is 5.28. The summed E-state index contributed by atoms with van der Waals surface area (Å²) >= 11 is 0. The first kappa shape index (κ1) is 10.3. The Hall–Kier alpha value is -0.720. The van der Waals surface area contributed by atoms with Gasteiger partial charge in [0, 0.05) is 0 Å². The van der Waals surface area contributed by atoms with Gasteiger partial charge >= 0.3 is 0 Å². The van der Waals surface area contributed by atoms with E-state index < -0.39 is 0 Å². The molecule has 1 heteroatoms. The van der Waals surface area contributed by atoms with Crippen molar-refractivity contribution in [1.82, 2.24) is 0 Å². The maximum atomic E-state index is 5.28. The van der Waals surface area contributed by atoms with Crippen LogP contribution in [-0.4, -0.2) is 6.61 Å². The van der Waals surface area contributed by atoms with Gasteiger partial charge in [0.05, 0.1) is 6.61 Å². The van der Waals surface area contributed by atoms with E-state index >= 15 is 0 Å². The van der Waals surface area contributed by atoms with Gasteiger partial charge < -0.3 is 4.74 Å². The van der Waals surface area contributed by atoms with Crippen LogP contribution in [0.4, 0.5) is 0 Å². The first-order valence-electron chi connectivity index (χ1n) is 4.27. The third-order valence-corrected chi connectivity index (χ3v) is 1.51. The van der Waals surface area contributed by atoms with Gasteiger partial charge in [-0.1, -0.05) is 26.5 Å². The van der Waals surface area contributed by atoms with Gasteiger partial charge in [0.2, 0.25) is 0 Å². The van der Waals surface area contributed by atoms with Crippen molar-refractivity contribution in [3.63, 3.8) is 0 Å². The van der Waals surface area contributed by atoms with Crippen molar-refractivity contribution in [1.29, 1.82) is 0 Å². The Morgan fingerprint density at radius 1 is 1.36 bits per heavy atom. The molecule has 0 spiro atoms. The van der Waals surface area contributed by atoms with Crippen LogP contribution >= 0.6 is 0 Å². The highest BCUT2D eigenvalue weighted by molar-refractivity contribution is 5.22. The summed E-state index contributed by atoms with van der Waals surface area (Å²) in [4.78, 5) is 0. The van der Waals surface area contributed by atoms with E-state index in [1.165, 1.54) is 5.57 Å².